The number of amidine groups is 1. The summed E-state index contributed by atoms with van der Waals surface area (Å²) < 4.78 is 30.6. The Morgan fingerprint density at radius 1 is 0.925 bits per heavy atom. The van der Waals surface area contributed by atoms with Crippen LogP contribution in [0.4, 0.5) is 5.69 Å². The number of aliphatic carboxylic acids is 1. The fourth-order valence-corrected chi connectivity index (χ4v) is 5.21. The molecule has 4 rings (SSSR count). The largest absolute Gasteiger partial charge is 0.481 e. The van der Waals surface area contributed by atoms with Crippen LogP contribution in [-0.4, -0.2) is 37.5 Å². The summed E-state index contributed by atoms with van der Waals surface area (Å²) in [4.78, 5) is 26.1. The summed E-state index contributed by atoms with van der Waals surface area (Å²) in [7, 11) is -3.47. The predicted molar refractivity (Wildman–Crippen MR) is 152 cm³/mol. The molecule has 9 nitrogen and oxygen atoms in total. The second-order valence-electron chi connectivity index (χ2n) is 9.11. The van der Waals surface area contributed by atoms with Gasteiger partial charge in [-0.2, -0.15) is 0 Å². The molecule has 0 aromatic heterocycles. The zero-order valence-electron chi connectivity index (χ0n) is 21.5. The molecule has 0 bridgehead atoms. The van der Waals surface area contributed by atoms with Gasteiger partial charge in [0.2, 0.25) is 5.60 Å². The van der Waals surface area contributed by atoms with Crippen LogP contribution in [0.3, 0.4) is 0 Å². The van der Waals surface area contributed by atoms with Gasteiger partial charge in [-0.15, -0.1) is 0 Å². The molecule has 0 saturated heterocycles. The van der Waals surface area contributed by atoms with Crippen molar-refractivity contribution in [3.8, 4) is 16.9 Å². The van der Waals surface area contributed by atoms with Crippen LogP contribution in [0.25, 0.3) is 11.1 Å². The van der Waals surface area contributed by atoms with Crippen LogP contribution in [0, 0.1) is 5.41 Å². The maximum Gasteiger partial charge on any atom is 0.308 e. The maximum atomic E-state index is 13.9. The van der Waals surface area contributed by atoms with Crippen molar-refractivity contribution in [1.82, 2.24) is 0 Å². The van der Waals surface area contributed by atoms with Crippen LogP contribution in [0.15, 0.2) is 108 Å². The second kappa shape index (κ2) is 11.4. The van der Waals surface area contributed by atoms with Crippen molar-refractivity contribution < 1.29 is 27.9 Å². The van der Waals surface area contributed by atoms with Gasteiger partial charge in [-0.25, -0.2) is 8.42 Å². The van der Waals surface area contributed by atoms with E-state index in [1.807, 2.05) is 0 Å². The van der Waals surface area contributed by atoms with Crippen molar-refractivity contribution in [2.45, 2.75) is 16.9 Å². The van der Waals surface area contributed by atoms with Crippen molar-refractivity contribution in [3.05, 3.63) is 114 Å². The average Bonchev–Trinajstić information content (AvgIpc) is 2.93. The molecular weight excluding hydrogens is 530 g/mol. The van der Waals surface area contributed by atoms with Gasteiger partial charge < -0.3 is 20.9 Å². The maximum absolute atomic E-state index is 13.9. The molecule has 204 valence electrons. The Labute approximate surface area is 231 Å². The van der Waals surface area contributed by atoms with Crippen LogP contribution >= 0.6 is 0 Å². The molecule has 0 spiro atoms. The minimum Gasteiger partial charge on any atom is -0.481 e. The summed E-state index contributed by atoms with van der Waals surface area (Å²) in [5.41, 5.74) is 5.76. The third-order valence-corrected chi connectivity index (χ3v) is 7.34. The van der Waals surface area contributed by atoms with Crippen molar-refractivity contribution in [3.63, 3.8) is 0 Å². The highest BCUT2D eigenvalue weighted by Crippen LogP contribution is 2.35. The molecule has 0 aliphatic carbocycles. The molecular formula is C30H27N3O6S. The molecule has 0 fully saturated rings. The smallest absolute Gasteiger partial charge is 0.308 e. The summed E-state index contributed by atoms with van der Waals surface area (Å²) >= 11 is 0. The lowest BCUT2D eigenvalue weighted by molar-refractivity contribution is -0.148. The van der Waals surface area contributed by atoms with E-state index in [2.05, 4.69) is 5.32 Å². The Balaban J connectivity index is 1.73. The third-order valence-electron chi connectivity index (χ3n) is 6.18. The fourth-order valence-electron chi connectivity index (χ4n) is 4.30. The Kier molecular flexibility index (Phi) is 8.01. The standard InChI is InChI=1S/C30H27N3O6S/c1-40(37,38)26-13-6-5-12-25(26)20-14-16-23(17-15-20)33-29(36)30(19-27(34)35,22-9-3-2-4-10-22)39-24-11-7-8-21(18-24)28(31)32/h2-18H,19H2,1H3,(H3,31,32)(H,33,36)(H,34,35). The number of ether oxygens (including phenoxy) is 1. The second-order valence-corrected chi connectivity index (χ2v) is 11.1. The van der Waals surface area contributed by atoms with Crippen molar-refractivity contribution in [1.29, 1.82) is 5.41 Å². The van der Waals surface area contributed by atoms with E-state index in [-0.39, 0.29) is 16.5 Å². The molecule has 0 radical (unpaired) electrons. The van der Waals surface area contributed by atoms with E-state index in [4.69, 9.17) is 15.9 Å². The normalized spacial score (nSPS) is 12.6. The average molecular weight is 558 g/mol. The van der Waals surface area contributed by atoms with Gasteiger partial charge in [0.1, 0.15) is 11.6 Å². The number of nitrogens with two attached hydrogens (primary N) is 1. The molecule has 0 saturated carbocycles. The van der Waals surface area contributed by atoms with E-state index in [1.165, 1.54) is 12.1 Å². The number of carboxylic acids is 1. The lowest BCUT2D eigenvalue weighted by Gasteiger charge is -2.32. The van der Waals surface area contributed by atoms with Gasteiger partial charge in [-0.1, -0.05) is 72.8 Å². The topological polar surface area (TPSA) is 160 Å². The fraction of sp³-hybridized carbons (Fsp3) is 0.100. The number of benzene rings is 4. The Bertz CT molecular complexity index is 1670. The summed E-state index contributed by atoms with van der Waals surface area (Å²) in [6.07, 6.45) is 0.436. The number of amides is 1. The number of sulfone groups is 1. The molecule has 4 aromatic rings. The van der Waals surface area contributed by atoms with Crippen molar-refractivity contribution in [2.24, 2.45) is 5.73 Å². The Morgan fingerprint density at radius 2 is 1.57 bits per heavy atom. The quantitative estimate of drug-likeness (QED) is 0.166. The number of rotatable bonds is 10. The molecule has 0 heterocycles. The van der Waals surface area contributed by atoms with Gasteiger partial charge in [0.25, 0.3) is 5.91 Å². The van der Waals surface area contributed by atoms with Gasteiger partial charge in [0.15, 0.2) is 9.84 Å². The molecule has 1 atom stereocenters. The first-order valence-corrected chi connectivity index (χ1v) is 14.0. The molecule has 40 heavy (non-hydrogen) atoms. The van der Waals surface area contributed by atoms with Crippen LogP contribution < -0.4 is 15.8 Å². The van der Waals surface area contributed by atoms with E-state index < -0.39 is 33.7 Å². The van der Waals surface area contributed by atoms with Crippen LogP contribution in [0.2, 0.25) is 0 Å². The SMILES string of the molecule is CS(=O)(=O)c1ccccc1-c1ccc(NC(=O)C(CC(=O)O)(Oc2cccc(C(=N)N)c2)c2ccccc2)cc1. The summed E-state index contributed by atoms with van der Waals surface area (Å²) in [5.74, 6) is -2.07. The van der Waals surface area contributed by atoms with Crippen molar-refractivity contribution in [2.75, 3.05) is 11.6 Å². The molecule has 4 aromatic carbocycles. The highest BCUT2D eigenvalue weighted by molar-refractivity contribution is 7.90. The van der Waals surface area contributed by atoms with Crippen LogP contribution in [-0.2, 0) is 25.0 Å². The zero-order chi connectivity index (χ0) is 28.9. The lowest BCUT2D eigenvalue weighted by Crippen LogP contribution is -2.47. The van der Waals surface area contributed by atoms with Crippen LogP contribution in [0.1, 0.15) is 17.5 Å². The van der Waals surface area contributed by atoms with E-state index in [0.29, 0.717) is 27.9 Å². The lowest BCUT2D eigenvalue weighted by atomic mass is 9.88. The van der Waals surface area contributed by atoms with Crippen LogP contribution in [0.5, 0.6) is 5.75 Å². The molecule has 5 N–H and O–H groups in total. The number of carbonyl (C=O) groups excluding carboxylic acids is 1. The molecule has 0 aliphatic rings. The number of nitrogen functional groups attached to an aromatic ring is 1. The first-order valence-electron chi connectivity index (χ1n) is 12.1. The minimum absolute atomic E-state index is 0.153. The van der Waals surface area contributed by atoms with Gasteiger partial charge >= 0.3 is 5.97 Å². The van der Waals surface area contributed by atoms with Gasteiger partial charge in [-0.05, 0) is 35.9 Å². The van der Waals surface area contributed by atoms with E-state index in [9.17, 15) is 23.1 Å². The number of carbonyl (C=O) groups is 2. The summed E-state index contributed by atoms with van der Waals surface area (Å²) in [6.45, 7) is 0. The molecule has 10 heteroatoms. The van der Waals surface area contributed by atoms with Gasteiger partial charge in [0.05, 0.1) is 11.3 Å². The number of hydrogen-bond donors (Lipinski definition) is 4. The first kappa shape index (κ1) is 28.1. The third kappa shape index (κ3) is 6.19. The van der Waals surface area contributed by atoms with E-state index in [1.54, 1.807) is 91.0 Å². The van der Waals surface area contributed by atoms with Gasteiger partial charge in [0, 0.05) is 28.6 Å². The summed E-state index contributed by atoms with van der Waals surface area (Å²) in [5, 5.41) is 20.3. The number of anilines is 1. The molecule has 0 aliphatic heterocycles. The number of nitrogens with one attached hydrogen (secondary N) is 2. The van der Waals surface area contributed by atoms with E-state index in [0.717, 1.165) is 6.26 Å². The van der Waals surface area contributed by atoms with E-state index >= 15 is 0 Å². The predicted octanol–water partition coefficient (Wildman–Crippen LogP) is 4.43. The molecule has 1 unspecified atom stereocenters. The highest BCUT2D eigenvalue weighted by Gasteiger charge is 2.45. The first-order chi connectivity index (χ1) is 19.0. The zero-order valence-corrected chi connectivity index (χ0v) is 22.3. The Hall–Kier alpha value is -4.96. The number of carboxylic acid groups (broad SMARTS) is 1. The summed E-state index contributed by atoms with van der Waals surface area (Å²) in [6, 6.07) is 27.6. The Morgan fingerprint density at radius 3 is 2.20 bits per heavy atom. The van der Waals surface area contributed by atoms with Crippen molar-refractivity contribution >= 4 is 33.2 Å². The molecule has 1 amide bonds. The highest BCUT2D eigenvalue weighted by atomic mass is 32.2. The number of hydrogen-bond acceptors (Lipinski definition) is 6. The van der Waals surface area contributed by atoms with Gasteiger partial charge in [-0.3, -0.25) is 15.0 Å². The monoisotopic (exact) mass is 557 g/mol. The minimum atomic E-state index is -3.47.